The molecule has 1 aliphatic carbocycles. The molecule has 0 aromatic carbocycles. The zero-order valence-corrected chi connectivity index (χ0v) is 7.91. The largest absolute Gasteiger partial charge is 0.365 e. The summed E-state index contributed by atoms with van der Waals surface area (Å²) in [6.45, 7) is 1.30. The van der Waals surface area contributed by atoms with Gasteiger partial charge in [0.2, 0.25) is 0 Å². The van der Waals surface area contributed by atoms with Crippen LogP contribution in [0.3, 0.4) is 0 Å². The maximum atomic E-state index is 13.9. The van der Waals surface area contributed by atoms with Gasteiger partial charge in [-0.1, -0.05) is 6.08 Å². The van der Waals surface area contributed by atoms with Crippen molar-refractivity contribution in [3.63, 3.8) is 0 Å². The molecule has 2 aliphatic rings. The van der Waals surface area contributed by atoms with Crippen LogP contribution in [0.4, 0.5) is 4.39 Å². The summed E-state index contributed by atoms with van der Waals surface area (Å²) in [6, 6.07) is 0. The molecule has 78 valence electrons. The van der Waals surface area contributed by atoms with Crippen molar-refractivity contribution in [3.05, 3.63) is 23.8 Å². The lowest BCUT2D eigenvalue weighted by atomic mass is 9.97. The molecule has 4 heteroatoms. The second-order valence-corrected chi connectivity index (χ2v) is 3.45. The molecule has 1 aliphatic heterocycles. The monoisotopic (exact) mass is 199 g/mol. The lowest BCUT2D eigenvalue weighted by Gasteiger charge is -2.36. The second-order valence-electron chi connectivity index (χ2n) is 3.45. The van der Waals surface area contributed by atoms with Crippen molar-refractivity contribution >= 4 is 0 Å². The molecular weight excluding hydrogens is 185 g/mol. The van der Waals surface area contributed by atoms with E-state index < -0.39 is 12.0 Å². The molecule has 1 fully saturated rings. The Morgan fingerprint density at radius 1 is 1.57 bits per heavy atom. The van der Waals surface area contributed by atoms with Crippen molar-refractivity contribution in [1.82, 2.24) is 0 Å². The number of allylic oxidation sites excluding steroid dienone is 1. The third-order valence-corrected chi connectivity index (χ3v) is 2.42. The normalized spacial score (nSPS) is 36.4. The Morgan fingerprint density at radius 2 is 2.43 bits per heavy atom. The quantitative estimate of drug-likeness (QED) is 0.719. The number of alkyl halides is 1. The van der Waals surface area contributed by atoms with Gasteiger partial charge in [-0.2, -0.15) is 0 Å². The Morgan fingerprint density at radius 3 is 3.21 bits per heavy atom. The molecule has 1 saturated heterocycles. The van der Waals surface area contributed by atoms with Gasteiger partial charge in [-0.15, -0.1) is 0 Å². The fraction of sp³-hybridized carbons (Fsp3) is 0.600. The molecule has 2 N–H and O–H groups in total. The molecule has 0 spiro atoms. The van der Waals surface area contributed by atoms with Gasteiger partial charge >= 0.3 is 0 Å². The molecule has 2 atom stereocenters. The SMILES string of the molecule is NCCC1=CC2OCCOC2(F)C=C1. The van der Waals surface area contributed by atoms with Crippen molar-refractivity contribution in [2.24, 2.45) is 5.73 Å². The summed E-state index contributed by atoms with van der Waals surface area (Å²) in [4.78, 5) is 0. The second kappa shape index (κ2) is 3.81. The Kier molecular flexibility index (Phi) is 2.67. The van der Waals surface area contributed by atoms with E-state index in [9.17, 15) is 4.39 Å². The van der Waals surface area contributed by atoms with Gasteiger partial charge in [-0.3, -0.25) is 0 Å². The molecule has 1 heterocycles. The highest BCUT2D eigenvalue weighted by atomic mass is 19.2. The number of hydrogen-bond donors (Lipinski definition) is 1. The Hall–Kier alpha value is -0.710. The van der Waals surface area contributed by atoms with E-state index in [2.05, 4.69) is 0 Å². The first-order chi connectivity index (χ1) is 6.74. The summed E-state index contributed by atoms with van der Waals surface area (Å²) in [6.07, 6.45) is 5.03. The molecule has 0 saturated carbocycles. The number of nitrogens with two attached hydrogens (primary N) is 1. The van der Waals surface area contributed by atoms with E-state index in [4.69, 9.17) is 15.2 Å². The standard InChI is InChI=1S/C10H14FNO2/c11-10-3-1-8(2-4-12)7-9(10)13-5-6-14-10/h1,3,7,9H,2,4-6,12H2. The molecular formula is C10H14FNO2. The van der Waals surface area contributed by atoms with Crippen molar-refractivity contribution in [2.75, 3.05) is 19.8 Å². The minimum atomic E-state index is -1.77. The van der Waals surface area contributed by atoms with Gasteiger partial charge in [0.1, 0.15) is 6.10 Å². The van der Waals surface area contributed by atoms with Gasteiger partial charge in [0.25, 0.3) is 5.85 Å². The zero-order valence-electron chi connectivity index (χ0n) is 7.91. The van der Waals surface area contributed by atoms with Crippen LogP contribution in [-0.4, -0.2) is 31.7 Å². The molecule has 0 aromatic heterocycles. The fourth-order valence-electron chi connectivity index (χ4n) is 1.68. The van der Waals surface area contributed by atoms with Crippen molar-refractivity contribution < 1.29 is 13.9 Å². The average molecular weight is 199 g/mol. The lowest BCUT2D eigenvalue weighted by molar-refractivity contribution is -0.225. The molecule has 3 nitrogen and oxygen atoms in total. The summed E-state index contributed by atoms with van der Waals surface area (Å²) >= 11 is 0. The fourth-order valence-corrected chi connectivity index (χ4v) is 1.68. The molecule has 0 bridgehead atoms. The third-order valence-electron chi connectivity index (χ3n) is 2.42. The Balaban J connectivity index is 2.13. The van der Waals surface area contributed by atoms with Crippen molar-refractivity contribution in [1.29, 1.82) is 0 Å². The van der Waals surface area contributed by atoms with E-state index in [-0.39, 0.29) is 0 Å². The maximum absolute atomic E-state index is 13.9. The Bertz CT molecular complexity index is 277. The van der Waals surface area contributed by atoms with Gasteiger partial charge < -0.3 is 15.2 Å². The summed E-state index contributed by atoms with van der Waals surface area (Å²) < 4.78 is 24.3. The van der Waals surface area contributed by atoms with E-state index in [0.717, 1.165) is 12.0 Å². The van der Waals surface area contributed by atoms with E-state index in [1.807, 2.05) is 0 Å². The molecule has 2 unspecified atom stereocenters. The van der Waals surface area contributed by atoms with Crippen LogP contribution in [0.1, 0.15) is 6.42 Å². The van der Waals surface area contributed by atoms with Crippen LogP contribution in [0.25, 0.3) is 0 Å². The number of rotatable bonds is 2. The predicted octanol–water partition coefficient (Wildman–Crippen LogP) is 0.913. The molecule has 14 heavy (non-hydrogen) atoms. The van der Waals surface area contributed by atoms with Crippen molar-refractivity contribution in [3.8, 4) is 0 Å². The van der Waals surface area contributed by atoms with Gasteiger partial charge in [0.15, 0.2) is 0 Å². The van der Waals surface area contributed by atoms with Crippen LogP contribution >= 0.6 is 0 Å². The smallest absolute Gasteiger partial charge is 0.258 e. The number of halogens is 1. The van der Waals surface area contributed by atoms with Gasteiger partial charge in [-0.05, 0) is 30.7 Å². The molecule has 0 radical (unpaired) electrons. The van der Waals surface area contributed by atoms with Crippen LogP contribution in [0.2, 0.25) is 0 Å². The van der Waals surface area contributed by atoms with E-state index in [0.29, 0.717) is 19.8 Å². The van der Waals surface area contributed by atoms with Crippen LogP contribution in [0.5, 0.6) is 0 Å². The summed E-state index contributed by atoms with van der Waals surface area (Å²) in [5, 5.41) is 0. The lowest BCUT2D eigenvalue weighted by Crippen LogP contribution is -2.46. The van der Waals surface area contributed by atoms with E-state index >= 15 is 0 Å². The number of hydrogen-bond acceptors (Lipinski definition) is 3. The van der Waals surface area contributed by atoms with Gasteiger partial charge in [-0.25, -0.2) is 4.39 Å². The molecule has 0 amide bonds. The first-order valence-electron chi connectivity index (χ1n) is 4.79. The topological polar surface area (TPSA) is 44.5 Å². The van der Waals surface area contributed by atoms with Crippen LogP contribution in [0, 0.1) is 0 Å². The molecule has 0 aromatic rings. The zero-order chi connectivity index (χ0) is 10.0. The minimum absolute atomic E-state index is 0.303. The number of fused-ring (bicyclic) bond motifs is 1. The van der Waals surface area contributed by atoms with Crippen LogP contribution < -0.4 is 5.73 Å². The minimum Gasteiger partial charge on any atom is -0.365 e. The van der Waals surface area contributed by atoms with Gasteiger partial charge in [0, 0.05) is 0 Å². The van der Waals surface area contributed by atoms with Crippen LogP contribution in [0.15, 0.2) is 23.8 Å². The van der Waals surface area contributed by atoms with E-state index in [1.165, 1.54) is 6.08 Å². The van der Waals surface area contributed by atoms with E-state index in [1.54, 1.807) is 12.2 Å². The van der Waals surface area contributed by atoms with Gasteiger partial charge in [0.05, 0.1) is 13.2 Å². The van der Waals surface area contributed by atoms with Crippen molar-refractivity contribution in [2.45, 2.75) is 18.4 Å². The third kappa shape index (κ3) is 1.73. The predicted molar refractivity (Wildman–Crippen MR) is 50.4 cm³/mol. The maximum Gasteiger partial charge on any atom is 0.258 e. The highest BCUT2D eigenvalue weighted by molar-refractivity contribution is 5.30. The summed E-state index contributed by atoms with van der Waals surface area (Å²) in [7, 11) is 0. The Labute approximate surface area is 82.4 Å². The first kappa shape index (κ1) is 9.83. The highest BCUT2D eigenvalue weighted by Gasteiger charge is 2.42. The first-order valence-corrected chi connectivity index (χ1v) is 4.79. The van der Waals surface area contributed by atoms with Crippen LogP contribution in [-0.2, 0) is 9.47 Å². The summed E-state index contributed by atoms with van der Waals surface area (Å²) in [5.74, 6) is -1.77. The summed E-state index contributed by atoms with van der Waals surface area (Å²) in [5.41, 5.74) is 6.43. The number of ether oxygens (including phenoxy) is 2. The average Bonchev–Trinajstić information content (AvgIpc) is 2.19. The highest BCUT2D eigenvalue weighted by Crippen LogP contribution is 2.32. The molecule has 2 rings (SSSR count).